The zero-order valence-corrected chi connectivity index (χ0v) is 11.9. The molecule has 0 spiro atoms. The topological polar surface area (TPSA) is 55.1 Å². The van der Waals surface area contributed by atoms with Crippen molar-refractivity contribution in [1.29, 1.82) is 0 Å². The number of carbonyl (C=O) groups is 1. The van der Waals surface area contributed by atoms with E-state index in [0.29, 0.717) is 11.3 Å². The smallest absolute Gasteiger partial charge is 0.161 e. The molecule has 0 saturated carbocycles. The molecule has 0 fully saturated rings. The molecule has 20 heavy (non-hydrogen) atoms. The molecule has 0 aromatic heterocycles. The van der Waals surface area contributed by atoms with Crippen LogP contribution >= 0.6 is 0 Å². The van der Waals surface area contributed by atoms with Crippen LogP contribution in [0.15, 0.2) is 48.5 Å². The van der Waals surface area contributed by atoms with Crippen LogP contribution in [-0.4, -0.2) is 5.78 Å². The van der Waals surface area contributed by atoms with Crippen molar-refractivity contribution in [3.63, 3.8) is 0 Å². The lowest BCUT2D eigenvalue weighted by Gasteiger charge is -2.19. The van der Waals surface area contributed by atoms with Gasteiger partial charge in [-0.25, -0.2) is 0 Å². The first kappa shape index (κ1) is 14.1. The number of carbonyl (C=O) groups excluding carboxylic acids is 1. The van der Waals surface area contributed by atoms with Gasteiger partial charge in [-0.1, -0.05) is 37.3 Å². The van der Waals surface area contributed by atoms with Crippen LogP contribution in [0.5, 0.6) is 0 Å². The molecule has 0 aliphatic heterocycles. The van der Waals surface area contributed by atoms with Crippen molar-refractivity contribution in [2.24, 2.45) is 0 Å². The van der Waals surface area contributed by atoms with Crippen LogP contribution in [0.2, 0.25) is 0 Å². The number of benzene rings is 2. The first-order valence-electron chi connectivity index (χ1n) is 6.83. The molecule has 0 bridgehead atoms. The maximum atomic E-state index is 11.5. The third-order valence-corrected chi connectivity index (χ3v) is 3.38. The molecule has 2 aromatic carbocycles. The van der Waals surface area contributed by atoms with Gasteiger partial charge < -0.3 is 11.1 Å². The van der Waals surface area contributed by atoms with Gasteiger partial charge in [0.2, 0.25) is 0 Å². The molecular formula is C17H20N2O. The summed E-state index contributed by atoms with van der Waals surface area (Å²) in [6.45, 7) is 3.66. The van der Waals surface area contributed by atoms with E-state index in [0.717, 1.165) is 12.1 Å². The van der Waals surface area contributed by atoms with Crippen LogP contribution in [-0.2, 0) is 0 Å². The third kappa shape index (κ3) is 3.18. The number of ketones is 1. The van der Waals surface area contributed by atoms with Crippen LogP contribution in [0.3, 0.4) is 0 Å². The lowest BCUT2D eigenvalue weighted by molar-refractivity contribution is 0.101. The Morgan fingerprint density at radius 3 is 2.50 bits per heavy atom. The van der Waals surface area contributed by atoms with E-state index in [2.05, 4.69) is 24.4 Å². The molecule has 3 heteroatoms. The Morgan fingerprint density at radius 1 is 1.20 bits per heavy atom. The van der Waals surface area contributed by atoms with Crippen molar-refractivity contribution < 1.29 is 4.79 Å². The fourth-order valence-corrected chi connectivity index (χ4v) is 2.26. The summed E-state index contributed by atoms with van der Waals surface area (Å²) in [5, 5.41) is 3.46. The molecule has 2 rings (SSSR count). The molecule has 3 N–H and O–H groups in total. The van der Waals surface area contributed by atoms with Crippen molar-refractivity contribution in [3.05, 3.63) is 59.7 Å². The van der Waals surface area contributed by atoms with Crippen LogP contribution in [0.1, 0.15) is 42.2 Å². The molecule has 0 saturated heterocycles. The minimum atomic E-state index is -0.0149. The zero-order valence-electron chi connectivity index (χ0n) is 11.9. The van der Waals surface area contributed by atoms with Gasteiger partial charge in [-0.05, 0) is 37.1 Å². The predicted octanol–water partition coefficient (Wildman–Crippen LogP) is 4.03. The second kappa shape index (κ2) is 6.24. The van der Waals surface area contributed by atoms with Crippen molar-refractivity contribution >= 4 is 17.2 Å². The predicted molar refractivity (Wildman–Crippen MR) is 84.0 cm³/mol. The zero-order chi connectivity index (χ0) is 14.5. The maximum Gasteiger partial charge on any atom is 0.161 e. The number of hydrogen-bond donors (Lipinski definition) is 2. The molecular weight excluding hydrogens is 248 g/mol. The summed E-state index contributed by atoms with van der Waals surface area (Å²) >= 11 is 0. The van der Waals surface area contributed by atoms with Crippen molar-refractivity contribution in [2.75, 3.05) is 11.1 Å². The number of hydrogen-bond acceptors (Lipinski definition) is 3. The Bertz CT molecular complexity index is 593. The van der Waals surface area contributed by atoms with Crippen molar-refractivity contribution in [1.82, 2.24) is 0 Å². The van der Waals surface area contributed by atoms with Crippen LogP contribution in [0.4, 0.5) is 11.4 Å². The molecule has 1 atom stereocenters. The van der Waals surface area contributed by atoms with Gasteiger partial charge in [0, 0.05) is 16.9 Å². The summed E-state index contributed by atoms with van der Waals surface area (Å²) in [6.07, 6.45) is 0.962. The Morgan fingerprint density at radius 2 is 1.90 bits per heavy atom. The monoisotopic (exact) mass is 268 g/mol. The molecule has 104 valence electrons. The molecule has 0 aliphatic rings. The highest BCUT2D eigenvalue weighted by molar-refractivity contribution is 6.00. The molecule has 2 aromatic rings. The van der Waals surface area contributed by atoms with E-state index < -0.39 is 0 Å². The highest BCUT2D eigenvalue weighted by Crippen LogP contribution is 2.25. The van der Waals surface area contributed by atoms with Gasteiger partial charge in [-0.15, -0.1) is 0 Å². The molecule has 0 aliphatic carbocycles. The van der Waals surface area contributed by atoms with Gasteiger partial charge >= 0.3 is 0 Å². The highest BCUT2D eigenvalue weighted by atomic mass is 16.1. The Labute approximate surface area is 119 Å². The van der Waals surface area contributed by atoms with E-state index in [1.165, 1.54) is 12.5 Å². The molecule has 1 unspecified atom stereocenters. The Kier molecular flexibility index (Phi) is 4.41. The van der Waals surface area contributed by atoms with E-state index in [9.17, 15) is 4.79 Å². The van der Waals surface area contributed by atoms with E-state index in [4.69, 9.17) is 5.73 Å². The second-order valence-corrected chi connectivity index (χ2v) is 4.87. The number of rotatable bonds is 5. The number of anilines is 2. The maximum absolute atomic E-state index is 11.5. The first-order chi connectivity index (χ1) is 9.61. The van der Waals surface area contributed by atoms with Crippen LogP contribution in [0, 0.1) is 0 Å². The van der Waals surface area contributed by atoms with E-state index in [1.807, 2.05) is 30.3 Å². The van der Waals surface area contributed by atoms with Gasteiger partial charge in [0.25, 0.3) is 0 Å². The summed E-state index contributed by atoms with van der Waals surface area (Å²) in [5.74, 6) is -0.0149. The number of nitrogens with one attached hydrogen (secondary N) is 1. The minimum absolute atomic E-state index is 0.0149. The van der Waals surface area contributed by atoms with Gasteiger partial charge in [0.15, 0.2) is 5.78 Å². The molecule has 0 heterocycles. The largest absolute Gasteiger partial charge is 0.398 e. The lowest BCUT2D eigenvalue weighted by Crippen LogP contribution is -2.10. The van der Waals surface area contributed by atoms with Crippen molar-refractivity contribution in [3.8, 4) is 0 Å². The molecule has 0 radical (unpaired) electrons. The molecule has 3 nitrogen and oxygen atoms in total. The summed E-state index contributed by atoms with van der Waals surface area (Å²) in [7, 11) is 0. The SMILES string of the molecule is CCC(Nc1ccc(N)c(C(C)=O)c1)c1ccccc1. The number of nitrogens with two attached hydrogens (primary N) is 1. The van der Waals surface area contributed by atoms with E-state index in [-0.39, 0.29) is 11.8 Å². The first-order valence-corrected chi connectivity index (χ1v) is 6.83. The highest BCUT2D eigenvalue weighted by Gasteiger charge is 2.11. The quantitative estimate of drug-likeness (QED) is 0.635. The molecule has 0 amide bonds. The average Bonchev–Trinajstić information content (AvgIpc) is 2.47. The number of Topliss-reactive ketones (excluding diaryl/α,β-unsaturated/α-hetero) is 1. The fourth-order valence-electron chi connectivity index (χ4n) is 2.26. The minimum Gasteiger partial charge on any atom is -0.398 e. The fraction of sp³-hybridized carbons (Fsp3) is 0.235. The van der Waals surface area contributed by atoms with E-state index >= 15 is 0 Å². The van der Waals surface area contributed by atoms with E-state index in [1.54, 1.807) is 6.07 Å². The van der Waals surface area contributed by atoms with Crippen molar-refractivity contribution in [2.45, 2.75) is 26.3 Å². The van der Waals surface area contributed by atoms with Crippen LogP contribution in [0.25, 0.3) is 0 Å². The Balaban J connectivity index is 2.24. The average molecular weight is 268 g/mol. The van der Waals surface area contributed by atoms with Gasteiger partial charge in [0.1, 0.15) is 0 Å². The van der Waals surface area contributed by atoms with Gasteiger partial charge in [-0.3, -0.25) is 4.79 Å². The summed E-state index contributed by atoms with van der Waals surface area (Å²) in [4.78, 5) is 11.5. The number of nitrogen functional groups attached to an aromatic ring is 1. The second-order valence-electron chi connectivity index (χ2n) is 4.87. The summed E-state index contributed by atoms with van der Waals surface area (Å²) < 4.78 is 0. The third-order valence-electron chi connectivity index (χ3n) is 3.38. The standard InChI is InChI=1S/C17H20N2O/c1-3-17(13-7-5-4-6-8-13)19-14-9-10-16(18)15(11-14)12(2)20/h4-11,17,19H,3,18H2,1-2H3. The van der Waals surface area contributed by atoms with Gasteiger partial charge in [0.05, 0.1) is 6.04 Å². The summed E-state index contributed by atoms with van der Waals surface area (Å²) in [6, 6.07) is 16.0. The normalized spacial score (nSPS) is 11.9. The van der Waals surface area contributed by atoms with Gasteiger partial charge in [-0.2, -0.15) is 0 Å². The van der Waals surface area contributed by atoms with Crippen LogP contribution < -0.4 is 11.1 Å². The summed E-state index contributed by atoms with van der Waals surface area (Å²) in [5.41, 5.74) is 9.06. The Hall–Kier alpha value is -2.29. The lowest BCUT2D eigenvalue weighted by atomic mass is 10.0.